The first-order chi connectivity index (χ1) is 8.58. The first-order valence-corrected chi connectivity index (χ1v) is 6.71. The van der Waals surface area contributed by atoms with Gasteiger partial charge in [-0.3, -0.25) is 4.79 Å². The van der Waals surface area contributed by atoms with Crippen molar-refractivity contribution in [2.24, 2.45) is 17.3 Å². The van der Waals surface area contributed by atoms with Gasteiger partial charge in [0.05, 0.1) is 5.41 Å². The van der Waals surface area contributed by atoms with Gasteiger partial charge in [-0.25, -0.2) is 0 Å². The van der Waals surface area contributed by atoms with Crippen LogP contribution in [0.1, 0.15) is 19.8 Å². The van der Waals surface area contributed by atoms with Crippen LogP contribution in [0.3, 0.4) is 0 Å². The van der Waals surface area contributed by atoms with E-state index in [-0.39, 0.29) is 11.3 Å². The minimum absolute atomic E-state index is 0.127. The van der Waals surface area contributed by atoms with Crippen molar-refractivity contribution >= 4 is 23.2 Å². The van der Waals surface area contributed by atoms with Gasteiger partial charge in [-0.05, 0) is 48.9 Å². The number of hydrogen-bond donors (Lipinski definition) is 1. The Balaban J connectivity index is 1.76. The van der Waals surface area contributed by atoms with Crippen molar-refractivity contribution in [1.82, 2.24) is 0 Å². The number of nitrogens with one attached hydrogen (secondary N) is 1. The molecule has 1 fully saturated rings. The fourth-order valence-corrected chi connectivity index (χ4v) is 3.29. The molecule has 2 aliphatic rings. The van der Waals surface area contributed by atoms with E-state index in [1.54, 1.807) is 12.1 Å². The SMILES string of the molecule is CC1(C(=O)Nc2ccc(Cl)cc2)CC2C=CC1C2. The molecule has 0 saturated heterocycles. The predicted octanol–water partition coefficient (Wildman–Crippen LogP) is 3.88. The van der Waals surface area contributed by atoms with Gasteiger partial charge in [-0.2, -0.15) is 0 Å². The van der Waals surface area contributed by atoms with Gasteiger partial charge in [0, 0.05) is 10.7 Å². The van der Waals surface area contributed by atoms with Crippen LogP contribution in [0.2, 0.25) is 5.02 Å². The Hall–Kier alpha value is -1.28. The monoisotopic (exact) mass is 261 g/mol. The minimum Gasteiger partial charge on any atom is -0.326 e. The molecule has 1 N–H and O–H groups in total. The zero-order valence-corrected chi connectivity index (χ0v) is 11.1. The van der Waals surface area contributed by atoms with Crippen LogP contribution in [-0.2, 0) is 4.79 Å². The van der Waals surface area contributed by atoms with Gasteiger partial charge in [0.25, 0.3) is 0 Å². The highest BCUT2D eigenvalue weighted by Crippen LogP contribution is 2.52. The molecule has 18 heavy (non-hydrogen) atoms. The summed E-state index contributed by atoms with van der Waals surface area (Å²) in [5, 5.41) is 3.69. The number of amides is 1. The highest BCUT2D eigenvalue weighted by Gasteiger charge is 2.49. The van der Waals surface area contributed by atoms with Gasteiger partial charge in [0.1, 0.15) is 0 Å². The summed E-state index contributed by atoms with van der Waals surface area (Å²) in [6.45, 7) is 2.08. The number of carbonyl (C=O) groups is 1. The van der Waals surface area contributed by atoms with E-state index in [0.717, 1.165) is 18.5 Å². The molecule has 1 aromatic carbocycles. The lowest BCUT2D eigenvalue weighted by atomic mass is 9.77. The molecule has 3 rings (SSSR count). The number of carbonyl (C=O) groups excluding carboxylic acids is 1. The number of fused-ring (bicyclic) bond motifs is 2. The first-order valence-electron chi connectivity index (χ1n) is 6.33. The summed E-state index contributed by atoms with van der Waals surface area (Å²) >= 11 is 5.83. The maximum Gasteiger partial charge on any atom is 0.230 e. The van der Waals surface area contributed by atoms with Crippen LogP contribution in [0, 0.1) is 17.3 Å². The molecule has 1 saturated carbocycles. The van der Waals surface area contributed by atoms with E-state index < -0.39 is 0 Å². The quantitative estimate of drug-likeness (QED) is 0.805. The van der Waals surface area contributed by atoms with Gasteiger partial charge in [0.2, 0.25) is 5.91 Å². The van der Waals surface area contributed by atoms with E-state index in [4.69, 9.17) is 11.6 Å². The molecule has 0 radical (unpaired) electrons. The molecule has 0 heterocycles. The number of anilines is 1. The van der Waals surface area contributed by atoms with Crippen molar-refractivity contribution < 1.29 is 4.79 Å². The fourth-order valence-electron chi connectivity index (χ4n) is 3.16. The second-order valence-electron chi connectivity index (χ2n) is 5.57. The van der Waals surface area contributed by atoms with Crippen molar-refractivity contribution in [3.63, 3.8) is 0 Å². The molecule has 3 atom stereocenters. The van der Waals surface area contributed by atoms with E-state index in [1.165, 1.54) is 0 Å². The van der Waals surface area contributed by atoms with Crippen LogP contribution in [0.25, 0.3) is 0 Å². The van der Waals surface area contributed by atoms with Crippen molar-refractivity contribution in [2.45, 2.75) is 19.8 Å². The van der Waals surface area contributed by atoms with E-state index in [2.05, 4.69) is 24.4 Å². The van der Waals surface area contributed by atoms with E-state index in [1.807, 2.05) is 12.1 Å². The van der Waals surface area contributed by atoms with Gasteiger partial charge < -0.3 is 5.32 Å². The van der Waals surface area contributed by atoms with Crippen LogP contribution in [0.4, 0.5) is 5.69 Å². The summed E-state index contributed by atoms with van der Waals surface area (Å²) in [4.78, 5) is 12.4. The van der Waals surface area contributed by atoms with Crippen molar-refractivity contribution in [1.29, 1.82) is 0 Å². The molecule has 0 spiro atoms. The summed E-state index contributed by atoms with van der Waals surface area (Å²) < 4.78 is 0. The lowest BCUT2D eigenvalue weighted by Crippen LogP contribution is -2.36. The number of hydrogen-bond acceptors (Lipinski definition) is 1. The number of halogens is 1. The highest BCUT2D eigenvalue weighted by atomic mass is 35.5. The number of benzene rings is 1. The Kier molecular flexibility index (Phi) is 2.70. The molecule has 1 aromatic rings. The third kappa shape index (κ3) is 1.85. The van der Waals surface area contributed by atoms with Crippen molar-refractivity contribution in [2.75, 3.05) is 5.32 Å². The third-order valence-electron chi connectivity index (χ3n) is 4.30. The summed E-state index contributed by atoms with van der Waals surface area (Å²) in [7, 11) is 0. The highest BCUT2D eigenvalue weighted by molar-refractivity contribution is 6.30. The smallest absolute Gasteiger partial charge is 0.230 e. The molecule has 3 heteroatoms. The minimum atomic E-state index is -0.251. The maximum absolute atomic E-state index is 12.4. The zero-order valence-electron chi connectivity index (χ0n) is 10.3. The zero-order chi connectivity index (χ0) is 12.8. The summed E-state index contributed by atoms with van der Waals surface area (Å²) in [5.74, 6) is 1.12. The van der Waals surface area contributed by atoms with Crippen molar-refractivity contribution in [3.05, 3.63) is 41.4 Å². The standard InChI is InChI=1S/C15H16ClNO/c1-15(9-10-2-3-11(15)8-10)14(18)17-13-6-4-12(16)5-7-13/h2-7,10-11H,8-9H2,1H3,(H,17,18). The Morgan fingerprint density at radius 1 is 1.33 bits per heavy atom. The fraction of sp³-hybridized carbons (Fsp3) is 0.400. The van der Waals surface area contributed by atoms with Gasteiger partial charge in [0.15, 0.2) is 0 Å². The topological polar surface area (TPSA) is 29.1 Å². The van der Waals surface area contributed by atoms with Crippen LogP contribution in [0.15, 0.2) is 36.4 Å². The third-order valence-corrected chi connectivity index (χ3v) is 4.55. The molecular weight excluding hydrogens is 246 g/mol. The lowest BCUT2D eigenvalue weighted by Gasteiger charge is -2.29. The number of allylic oxidation sites excluding steroid dienone is 2. The van der Waals surface area contributed by atoms with E-state index >= 15 is 0 Å². The molecule has 1 amide bonds. The molecule has 3 unspecified atom stereocenters. The van der Waals surface area contributed by atoms with Crippen LogP contribution in [-0.4, -0.2) is 5.91 Å². The van der Waals surface area contributed by atoms with Crippen LogP contribution >= 0.6 is 11.6 Å². The summed E-state index contributed by atoms with van der Waals surface area (Å²) in [6, 6.07) is 7.26. The van der Waals surface area contributed by atoms with Crippen molar-refractivity contribution in [3.8, 4) is 0 Å². The van der Waals surface area contributed by atoms with E-state index in [0.29, 0.717) is 16.9 Å². The average Bonchev–Trinajstić information content (AvgIpc) is 2.92. The second kappa shape index (κ2) is 4.13. The first kappa shape index (κ1) is 11.8. The van der Waals surface area contributed by atoms with Crippen LogP contribution in [0.5, 0.6) is 0 Å². The molecule has 2 nitrogen and oxygen atoms in total. The number of rotatable bonds is 2. The average molecular weight is 262 g/mol. The van der Waals surface area contributed by atoms with Crippen LogP contribution < -0.4 is 5.32 Å². The second-order valence-corrected chi connectivity index (χ2v) is 6.01. The summed E-state index contributed by atoms with van der Waals surface area (Å²) in [6.07, 6.45) is 6.55. The van der Waals surface area contributed by atoms with Gasteiger partial charge in [-0.15, -0.1) is 0 Å². The molecule has 94 valence electrons. The lowest BCUT2D eigenvalue weighted by molar-refractivity contribution is -0.126. The Bertz CT molecular complexity index is 508. The van der Waals surface area contributed by atoms with E-state index in [9.17, 15) is 4.79 Å². The molecule has 2 bridgehead atoms. The van der Waals surface area contributed by atoms with Gasteiger partial charge in [-0.1, -0.05) is 30.7 Å². The Morgan fingerprint density at radius 2 is 2.06 bits per heavy atom. The summed E-state index contributed by atoms with van der Waals surface area (Å²) in [5.41, 5.74) is 0.566. The molecule has 0 aromatic heterocycles. The predicted molar refractivity (Wildman–Crippen MR) is 73.5 cm³/mol. The Labute approximate surface area is 112 Å². The maximum atomic E-state index is 12.4. The Morgan fingerprint density at radius 3 is 2.61 bits per heavy atom. The molecular formula is C15H16ClNO. The largest absolute Gasteiger partial charge is 0.326 e. The normalized spacial score (nSPS) is 32.8. The molecule has 2 aliphatic carbocycles. The molecule has 0 aliphatic heterocycles. The van der Waals surface area contributed by atoms with Gasteiger partial charge >= 0.3 is 0 Å².